The van der Waals surface area contributed by atoms with Gasteiger partial charge in [-0.3, -0.25) is 0 Å². The molecule has 70 valence electrons. The maximum Gasteiger partial charge on any atom is 0.328 e. The smallest absolute Gasteiger partial charge is 0.328 e. The Labute approximate surface area is 78.8 Å². The summed E-state index contributed by atoms with van der Waals surface area (Å²) < 4.78 is 0. The molecule has 0 unspecified atom stereocenters. The number of carboxylic acid groups (broad SMARTS) is 2. The summed E-state index contributed by atoms with van der Waals surface area (Å²) in [5, 5.41) is 19.7. The fourth-order valence-electron chi connectivity index (χ4n) is 0.369. The van der Waals surface area contributed by atoms with Crippen LogP contribution in [-0.2, 0) is 9.59 Å². The summed E-state index contributed by atoms with van der Waals surface area (Å²) in [5.41, 5.74) is 0. The quantitative estimate of drug-likeness (QED) is 0.709. The van der Waals surface area contributed by atoms with Gasteiger partial charge in [0.1, 0.15) is 0 Å². The summed E-state index contributed by atoms with van der Waals surface area (Å²) in [4.78, 5) is 19.1. The molecule has 0 amide bonds. The van der Waals surface area contributed by atoms with Crippen LogP contribution >= 0.6 is 11.3 Å². The van der Waals surface area contributed by atoms with Crippen molar-refractivity contribution in [1.29, 1.82) is 0 Å². The lowest BCUT2D eigenvalue weighted by Crippen LogP contribution is -1.91. The highest BCUT2D eigenvalue weighted by molar-refractivity contribution is 7.07. The zero-order valence-corrected chi connectivity index (χ0v) is 7.40. The standard InChI is InChI=1S/C4H4O4.C4H4S/c5-3(6)1-2-4(7)8;1-2-4-5-3-1/h1-2H,(H,5,6)(H,7,8);1-4H. The van der Waals surface area contributed by atoms with Crippen molar-refractivity contribution in [3.05, 3.63) is 35.0 Å². The van der Waals surface area contributed by atoms with Crippen LogP contribution in [0.25, 0.3) is 0 Å². The highest BCUT2D eigenvalue weighted by atomic mass is 32.1. The Hall–Kier alpha value is -1.62. The number of carbonyl (C=O) groups is 2. The number of thiophene rings is 1. The van der Waals surface area contributed by atoms with Crippen molar-refractivity contribution in [3.8, 4) is 0 Å². The first kappa shape index (κ1) is 11.4. The first-order chi connectivity index (χ1) is 6.13. The first-order valence-corrected chi connectivity index (χ1v) is 4.18. The van der Waals surface area contributed by atoms with Gasteiger partial charge >= 0.3 is 11.9 Å². The molecular formula is C8H8O4S. The first-order valence-electron chi connectivity index (χ1n) is 3.24. The van der Waals surface area contributed by atoms with Crippen molar-refractivity contribution < 1.29 is 19.8 Å². The molecule has 0 aliphatic heterocycles. The van der Waals surface area contributed by atoms with Gasteiger partial charge in [0.25, 0.3) is 0 Å². The Bertz CT molecular complexity index is 243. The van der Waals surface area contributed by atoms with Crippen molar-refractivity contribution in [2.75, 3.05) is 0 Å². The van der Waals surface area contributed by atoms with E-state index in [0.717, 1.165) is 0 Å². The molecule has 0 radical (unpaired) electrons. The third-order valence-electron chi connectivity index (χ3n) is 0.794. The highest BCUT2D eigenvalue weighted by Crippen LogP contribution is 1.91. The van der Waals surface area contributed by atoms with Crippen molar-refractivity contribution in [2.24, 2.45) is 0 Å². The van der Waals surface area contributed by atoms with Crippen molar-refractivity contribution in [2.45, 2.75) is 0 Å². The Balaban J connectivity index is 0.000000243. The molecule has 5 heteroatoms. The third-order valence-corrected chi connectivity index (χ3v) is 1.42. The number of hydrogen-bond acceptors (Lipinski definition) is 3. The third kappa shape index (κ3) is 10.4. The van der Waals surface area contributed by atoms with Crippen LogP contribution in [-0.4, -0.2) is 22.2 Å². The van der Waals surface area contributed by atoms with Crippen LogP contribution in [0.2, 0.25) is 0 Å². The van der Waals surface area contributed by atoms with Crippen LogP contribution in [0.15, 0.2) is 35.0 Å². The number of aliphatic carboxylic acids is 2. The minimum absolute atomic E-state index is 0.558. The molecule has 0 aliphatic rings. The van der Waals surface area contributed by atoms with E-state index in [1.807, 2.05) is 22.9 Å². The molecule has 0 bridgehead atoms. The fourth-order valence-corrected chi connectivity index (χ4v) is 0.823. The molecule has 1 aromatic heterocycles. The highest BCUT2D eigenvalue weighted by Gasteiger charge is 1.88. The van der Waals surface area contributed by atoms with E-state index in [1.165, 1.54) is 0 Å². The normalized spacial score (nSPS) is 8.92. The maximum atomic E-state index is 9.55. The molecule has 0 atom stereocenters. The molecule has 0 fully saturated rings. The molecule has 0 saturated heterocycles. The summed E-state index contributed by atoms with van der Waals surface area (Å²) in [6.07, 6.45) is 1.12. The molecule has 0 saturated carbocycles. The van der Waals surface area contributed by atoms with Gasteiger partial charge in [-0.15, -0.1) is 0 Å². The van der Waals surface area contributed by atoms with Gasteiger partial charge in [-0.1, -0.05) is 12.1 Å². The predicted octanol–water partition coefficient (Wildman–Crippen LogP) is 1.46. The molecule has 0 aliphatic carbocycles. The van der Waals surface area contributed by atoms with Crippen LogP contribution in [0.3, 0.4) is 0 Å². The molecule has 0 spiro atoms. The average molecular weight is 200 g/mol. The van der Waals surface area contributed by atoms with Crippen molar-refractivity contribution in [3.63, 3.8) is 0 Å². The van der Waals surface area contributed by atoms with E-state index in [1.54, 1.807) is 11.3 Å². The zero-order chi connectivity index (χ0) is 10.1. The summed E-state index contributed by atoms with van der Waals surface area (Å²) in [5.74, 6) is -2.51. The van der Waals surface area contributed by atoms with Gasteiger partial charge in [-0.25, -0.2) is 9.59 Å². The maximum absolute atomic E-state index is 9.55. The van der Waals surface area contributed by atoms with E-state index < -0.39 is 11.9 Å². The Morgan fingerprint density at radius 3 is 1.54 bits per heavy atom. The number of hydrogen-bond donors (Lipinski definition) is 2. The minimum atomic E-state index is -1.26. The van der Waals surface area contributed by atoms with E-state index in [2.05, 4.69) is 0 Å². The summed E-state index contributed by atoms with van der Waals surface area (Å²) >= 11 is 1.71. The second-order valence-corrected chi connectivity index (χ2v) is 2.62. The van der Waals surface area contributed by atoms with Crippen molar-refractivity contribution >= 4 is 23.3 Å². The lowest BCUT2D eigenvalue weighted by atomic mass is 10.5. The molecular weight excluding hydrogens is 192 g/mol. The van der Waals surface area contributed by atoms with Gasteiger partial charge in [0, 0.05) is 12.2 Å². The SMILES string of the molecule is O=C(O)C=CC(=O)O.c1ccsc1. The van der Waals surface area contributed by atoms with Crippen molar-refractivity contribution in [1.82, 2.24) is 0 Å². The van der Waals surface area contributed by atoms with Gasteiger partial charge in [0.2, 0.25) is 0 Å². The van der Waals surface area contributed by atoms with Gasteiger partial charge in [0.05, 0.1) is 0 Å². The summed E-state index contributed by atoms with van der Waals surface area (Å²) in [6.45, 7) is 0. The lowest BCUT2D eigenvalue weighted by Gasteiger charge is -1.74. The molecule has 2 N–H and O–H groups in total. The number of carboxylic acids is 2. The van der Waals surface area contributed by atoms with Crippen LogP contribution in [0.1, 0.15) is 0 Å². The monoisotopic (exact) mass is 200 g/mol. The molecule has 1 heterocycles. The van der Waals surface area contributed by atoms with Crippen LogP contribution in [0.5, 0.6) is 0 Å². The molecule has 13 heavy (non-hydrogen) atoms. The second-order valence-electron chi connectivity index (χ2n) is 1.80. The second kappa shape index (κ2) is 7.05. The average Bonchev–Trinajstić information content (AvgIpc) is 2.57. The summed E-state index contributed by atoms with van der Waals surface area (Å²) in [6, 6.07) is 4.04. The zero-order valence-electron chi connectivity index (χ0n) is 6.58. The fraction of sp³-hybridized carbons (Fsp3) is 0. The van der Waals surface area contributed by atoms with Crippen LogP contribution in [0.4, 0.5) is 0 Å². The number of rotatable bonds is 2. The topological polar surface area (TPSA) is 74.6 Å². The Morgan fingerprint density at radius 1 is 1.00 bits per heavy atom. The molecule has 4 nitrogen and oxygen atoms in total. The lowest BCUT2D eigenvalue weighted by molar-refractivity contribution is -0.134. The molecule has 1 aromatic rings. The Morgan fingerprint density at radius 2 is 1.38 bits per heavy atom. The van der Waals surface area contributed by atoms with E-state index in [4.69, 9.17) is 10.2 Å². The van der Waals surface area contributed by atoms with Crippen LogP contribution in [0, 0.1) is 0 Å². The van der Waals surface area contributed by atoms with E-state index in [0.29, 0.717) is 12.2 Å². The minimum Gasteiger partial charge on any atom is -0.478 e. The van der Waals surface area contributed by atoms with Gasteiger partial charge in [-0.05, 0) is 10.8 Å². The molecule has 0 aromatic carbocycles. The summed E-state index contributed by atoms with van der Waals surface area (Å²) in [7, 11) is 0. The Kier molecular flexibility index (Phi) is 6.17. The largest absolute Gasteiger partial charge is 0.478 e. The van der Waals surface area contributed by atoms with E-state index in [9.17, 15) is 9.59 Å². The van der Waals surface area contributed by atoms with Gasteiger partial charge < -0.3 is 10.2 Å². The molecule has 1 rings (SSSR count). The van der Waals surface area contributed by atoms with Gasteiger partial charge in [-0.2, -0.15) is 11.3 Å². The van der Waals surface area contributed by atoms with E-state index in [-0.39, 0.29) is 0 Å². The van der Waals surface area contributed by atoms with Crippen LogP contribution < -0.4 is 0 Å². The predicted molar refractivity (Wildman–Crippen MR) is 48.7 cm³/mol. The van der Waals surface area contributed by atoms with Gasteiger partial charge in [0.15, 0.2) is 0 Å². The van der Waals surface area contributed by atoms with E-state index >= 15 is 0 Å².